The minimum absolute atomic E-state index is 0.267. The van der Waals surface area contributed by atoms with Gasteiger partial charge in [0.25, 0.3) is 0 Å². The summed E-state index contributed by atoms with van der Waals surface area (Å²) in [5.41, 5.74) is 2.87. The maximum absolute atomic E-state index is 11.8. The van der Waals surface area contributed by atoms with Gasteiger partial charge in [0, 0.05) is 27.2 Å². The van der Waals surface area contributed by atoms with Crippen LogP contribution in [0.2, 0.25) is 0 Å². The Kier molecular flexibility index (Phi) is 7.66. The molecule has 2 heterocycles. The highest BCUT2D eigenvalue weighted by Crippen LogP contribution is 2.36. The van der Waals surface area contributed by atoms with Crippen molar-refractivity contribution in [1.29, 1.82) is 0 Å². The summed E-state index contributed by atoms with van der Waals surface area (Å²) in [6.45, 7) is 3.33. The van der Waals surface area contributed by atoms with Crippen LogP contribution in [0.4, 0.5) is 0 Å². The van der Waals surface area contributed by atoms with E-state index in [1.807, 2.05) is 36.4 Å². The maximum Gasteiger partial charge on any atom is 0.303 e. The van der Waals surface area contributed by atoms with Crippen LogP contribution in [-0.4, -0.2) is 59.0 Å². The summed E-state index contributed by atoms with van der Waals surface area (Å²) in [4.78, 5) is 39.5. The Bertz CT molecular complexity index is 1220. The third-order valence-corrected chi connectivity index (χ3v) is 5.69. The number of oxazole rings is 1. The predicted octanol–water partition coefficient (Wildman–Crippen LogP) is 2.65. The first-order valence-electron chi connectivity index (χ1n) is 11.5. The highest BCUT2D eigenvalue weighted by molar-refractivity contribution is 5.72. The maximum atomic E-state index is 11.8. The Labute approximate surface area is 207 Å². The minimum Gasteiger partial charge on any atom is -0.463 e. The van der Waals surface area contributed by atoms with E-state index < -0.39 is 48.4 Å². The van der Waals surface area contributed by atoms with Gasteiger partial charge in [0.05, 0.1) is 0 Å². The second kappa shape index (κ2) is 10.9. The molecule has 1 aromatic heterocycles. The molecule has 1 N–H and O–H groups in total. The van der Waals surface area contributed by atoms with Gasteiger partial charge in [0.15, 0.2) is 23.7 Å². The average molecular weight is 498 g/mol. The predicted molar refractivity (Wildman–Crippen MR) is 125 cm³/mol. The molecule has 1 saturated heterocycles. The molecule has 1 aliphatic heterocycles. The molecular weight excluding hydrogens is 470 g/mol. The van der Waals surface area contributed by atoms with Gasteiger partial charge in [-0.15, -0.1) is 0 Å². The summed E-state index contributed by atoms with van der Waals surface area (Å²) >= 11 is 0. The van der Waals surface area contributed by atoms with Crippen molar-refractivity contribution < 1.29 is 42.9 Å². The number of hydrogen-bond donors (Lipinski definition) is 1. The summed E-state index contributed by atoms with van der Waals surface area (Å²) < 4.78 is 27.7. The van der Waals surface area contributed by atoms with Gasteiger partial charge in [0.2, 0.25) is 0 Å². The molecule has 2 unspecified atom stereocenters. The SMILES string of the molecule is CC(=O)OCC1OC(c2cccc(Cc3nc4ccccc4o3)c2)[C@H](O)[C@@H](OC(C)=O)[C@@H]1OC(C)=O. The zero-order valence-corrected chi connectivity index (χ0v) is 20.1. The lowest BCUT2D eigenvalue weighted by molar-refractivity contribution is -0.249. The number of benzene rings is 2. The molecule has 1 aliphatic rings. The number of carbonyl (C=O) groups is 3. The van der Waals surface area contributed by atoms with Crippen molar-refractivity contribution in [2.45, 2.75) is 57.7 Å². The van der Waals surface area contributed by atoms with Crippen LogP contribution in [0.25, 0.3) is 11.1 Å². The smallest absolute Gasteiger partial charge is 0.303 e. The van der Waals surface area contributed by atoms with Gasteiger partial charge in [-0.2, -0.15) is 0 Å². The van der Waals surface area contributed by atoms with Crippen LogP contribution in [0.15, 0.2) is 52.9 Å². The summed E-state index contributed by atoms with van der Waals surface area (Å²) in [6.07, 6.45) is -5.36. The van der Waals surface area contributed by atoms with Gasteiger partial charge in [-0.05, 0) is 23.3 Å². The molecule has 10 heteroatoms. The van der Waals surface area contributed by atoms with Gasteiger partial charge in [-0.25, -0.2) is 4.98 Å². The second-order valence-corrected chi connectivity index (χ2v) is 8.53. The molecule has 0 radical (unpaired) electrons. The van der Waals surface area contributed by atoms with E-state index in [0.29, 0.717) is 23.5 Å². The van der Waals surface area contributed by atoms with Crippen molar-refractivity contribution in [3.05, 3.63) is 65.5 Å². The van der Waals surface area contributed by atoms with Gasteiger partial charge < -0.3 is 28.5 Å². The van der Waals surface area contributed by atoms with Gasteiger partial charge in [-0.3, -0.25) is 14.4 Å². The van der Waals surface area contributed by atoms with E-state index in [2.05, 4.69) is 4.98 Å². The van der Waals surface area contributed by atoms with Crippen molar-refractivity contribution >= 4 is 29.0 Å². The average Bonchev–Trinajstić information content (AvgIpc) is 3.22. The van der Waals surface area contributed by atoms with E-state index in [9.17, 15) is 19.5 Å². The zero-order chi connectivity index (χ0) is 25.8. The number of para-hydroxylation sites is 2. The number of ether oxygens (including phenoxy) is 4. The lowest BCUT2D eigenvalue weighted by Crippen LogP contribution is -2.58. The molecule has 1 fully saturated rings. The minimum atomic E-state index is -1.37. The molecule has 0 amide bonds. The quantitative estimate of drug-likeness (QED) is 0.383. The molecule has 5 atom stereocenters. The highest BCUT2D eigenvalue weighted by atomic mass is 16.6. The molecule has 4 rings (SSSR count). The van der Waals surface area contributed by atoms with Gasteiger partial charge in [-0.1, -0.05) is 36.4 Å². The first-order chi connectivity index (χ1) is 17.2. The number of rotatable bonds is 7. The fraction of sp³-hybridized carbons (Fsp3) is 0.385. The number of hydrogen-bond acceptors (Lipinski definition) is 10. The van der Waals surface area contributed by atoms with Crippen LogP contribution in [-0.2, 0) is 39.8 Å². The molecule has 10 nitrogen and oxygen atoms in total. The zero-order valence-electron chi connectivity index (χ0n) is 20.1. The Morgan fingerprint density at radius 3 is 2.36 bits per heavy atom. The largest absolute Gasteiger partial charge is 0.463 e. The molecule has 0 saturated carbocycles. The molecular formula is C26H27NO9. The van der Waals surface area contributed by atoms with Crippen molar-refractivity contribution in [2.75, 3.05) is 6.61 Å². The van der Waals surface area contributed by atoms with Gasteiger partial charge in [0.1, 0.15) is 30.4 Å². The number of aromatic nitrogens is 1. The van der Waals surface area contributed by atoms with E-state index in [-0.39, 0.29) is 6.61 Å². The topological polar surface area (TPSA) is 134 Å². The number of esters is 3. The molecule has 0 aliphatic carbocycles. The summed E-state index contributed by atoms with van der Waals surface area (Å²) in [5, 5.41) is 11.2. The summed E-state index contributed by atoms with van der Waals surface area (Å²) in [6, 6.07) is 14.7. The number of nitrogens with zero attached hydrogens (tertiary/aromatic N) is 1. The summed E-state index contributed by atoms with van der Waals surface area (Å²) in [5.74, 6) is -1.38. The first-order valence-corrected chi connectivity index (χ1v) is 11.5. The molecule has 3 aromatic rings. The fourth-order valence-corrected chi connectivity index (χ4v) is 4.25. The number of carbonyl (C=O) groups excluding carboxylic acids is 3. The molecule has 2 aromatic carbocycles. The Morgan fingerprint density at radius 2 is 1.67 bits per heavy atom. The second-order valence-electron chi connectivity index (χ2n) is 8.53. The number of fused-ring (bicyclic) bond motifs is 1. The van der Waals surface area contributed by atoms with E-state index in [1.54, 1.807) is 12.1 Å². The third-order valence-electron chi connectivity index (χ3n) is 5.69. The normalized spacial score (nSPS) is 23.7. The van der Waals surface area contributed by atoms with Crippen molar-refractivity contribution in [3.8, 4) is 0 Å². The van der Waals surface area contributed by atoms with E-state index in [0.717, 1.165) is 11.1 Å². The van der Waals surface area contributed by atoms with Crippen LogP contribution < -0.4 is 0 Å². The number of aliphatic hydroxyl groups excluding tert-OH is 1. The Morgan fingerprint density at radius 1 is 0.944 bits per heavy atom. The molecule has 36 heavy (non-hydrogen) atoms. The third kappa shape index (κ3) is 5.89. The lowest BCUT2D eigenvalue weighted by atomic mass is 9.90. The standard InChI is InChI=1S/C26H27NO9/c1-14(28)32-13-21-25(33-15(2)29)26(34-16(3)30)23(31)24(36-21)18-8-6-7-17(11-18)12-22-27-19-9-4-5-10-20(19)35-22/h4-11,21,23-26,31H,12-13H2,1-3H3/t21?,23-,24?,25+,26+/m0/s1. The molecule has 190 valence electrons. The van der Waals surface area contributed by atoms with Crippen molar-refractivity contribution in [3.63, 3.8) is 0 Å². The van der Waals surface area contributed by atoms with E-state index in [4.69, 9.17) is 23.4 Å². The summed E-state index contributed by atoms with van der Waals surface area (Å²) in [7, 11) is 0. The van der Waals surface area contributed by atoms with Gasteiger partial charge >= 0.3 is 17.9 Å². The van der Waals surface area contributed by atoms with Crippen LogP contribution >= 0.6 is 0 Å². The van der Waals surface area contributed by atoms with Crippen molar-refractivity contribution in [2.24, 2.45) is 0 Å². The number of aliphatic hydroxyl groups is 1. The molecule has 0 spiro atoms. The Hall–Kier alpha value is -3.76. The lowest BCUT2D eigenvalue weighted by Gasteiger charge is -2.43. The monoisotopic (exact) mass is 497 g/mol. The van der Waals surface area contributed by atoms with E-state index in [1.165, 1.54) is 20.8 Å². The van der Waals surface area contributed by atoms with E-state index >= 15 is 0 Å². The van der Waals surface area contributed by atoms with Crippen LogP contribution in [0.5, 0.6) is 0 Å². The first kappa shape index (κ1) is 25.3. The Balaban J connectivity index is 1.62. The van der Waals surface area contributed by atoms with Crippen LogP contribution in [0.3, 0.4) is 0 Å². The van der Waals surface area contributed by atoms with Crippen LogP contribution in [0.1, 0.15) is 43.9 Å². The van der Waals surface area contributed by atoms with Crippen molar-refractivity contribution in [1.82, 2.24) is 4.98 Å². The highest BCUT2D eigenvalue weighted by Gasteiger charge is 2.50. The molecule has 0 bridgehead atoms. The van der Waals surface area contributed by atoms with Crippen LogP contribution in [0, 0.1) is 0 Å². The fourth-order valence-electron chi connectivity index (χ4n) is 4.25.